The maximum Gasteiger partial charge on any atom is 0.334 e. The van der Waals surface area contributed by atoms with Crippen LogP contribution in [0.5, 0.6) is 5.75 Å². The summed E-state index contributed by atoms with van der Waals surface area (Å²) in [6.45, 7) is 7.05. The van der Waals surface area contributed by atoms with E-state index in [1.165, 1.54) is 0 Å². The Morgan fingerprint density at radius 2 is 1.71 bits per heavy atom. The zero-order valence-electron chi connectivity index (χ0n) is 13.5. The molecule has 1 aromatic carbocycles. The fourth-order valence-corrected chi connectivity index (χ4v) is 2.87. The van der Waals surface area contributed by atoms with Gasteiger partial charge in [-0.15, -0.1) is 0 Å². The summed E-state index contributed by atoms with van der Waals surface area (Å²) < 4.78 is 5.60. The van der Waals surface area contributed by atoms with Crippen molar-refractivity contribution in [2.24, 2.45) is 0 Å². The molecule has 0 aromatic heterocycles. The maximum absolute atomic E-state index is 11.8. The third kappa shape index (κ3) is 3.17. The number of nitrogens with one attached hydrogen (secondary N) is 1. The predicted octanol–water partition coefficient (Wildman–Crippen LogP) is 2.66. The van der Waals surface area contributed by atoms with E-state index < -0.39 is 17.9 Å². The lowest BCUT2D eigenvalue weighted by Gasteiger charge is -2.29. The topological polar surface area (TPSA) is 95.9 Å². The second kappa shape index (κ2) is 7.04. The Morgan fingerprint density at radius 3 is 2.21 bits per heavy atom. The van der Waals surface area contributed by atoms with Crippen molar-refractivity contribution in [2.75, 3.05) is 6.61 Å². The zero-order chi connectivity index (χ0) is 17.9. The highest BCUT2D eigenvalue weighted by Gasteiger charge is 2.37. The quantitative estimate of drug-likeness (QED) is 0.694. The van der Waals surface area contributed by atoms with Crippen molar-refractivity contribution in [1.82, 2.24) is 5.32 Å². The van der Waals surface area contributed by atoms with E-state index in [1.54, 1.807) is 44.2 Å². The lowest BCUT2D eigenvalue weighted by molar-refractivity contribution is -0.133. The van der Waals surface area contributed by atoms with Gasteiger partial charge >= 0.3 is 11.9 Å². The van der Waals surface area contributed by atoms with Gasteiger partial charge in [-0.3, -0.25) is 0 Å². The molecule has 0 aliphatic carbocycles. The molecular formula is C18H19NO5. The standard InChI is InChI=1S/C18H19NO5/c1-4-9-24-13-8-6-5-7-12(13)16-14(17(20)21)10(2)19-11(3)15(16)18(22)23/h4-8,16,19H,1,9H2,2-3H3,(H,20,21)(H,22,23). The number of para-hydroxylation sites is 1. The molecule has 1 heterocycles. The van der Waals surface area contributed by atoms with Gasteiger partial charge in [0.25, 0.3) is 0 Å². The van der Waals surface area contributed by atoms with Crippen molar-refractivity contribution in [1.29, 1.82) is 0 Å². The van der Waals surface area contributed by atoms with Crippen LogP contribution >= 0.6 is 0 Å². The van der Waals surface area contributed by atoms with Crippen molar-refractivity contribution < 1.29 is 24.5 Å². The molecule has 1 aliphatic rings. The zero-order valence-corrected chi connectivity index (χ0v) is 13.5. The third-order valence-corrected chi connectivity index (χ3v) is 3.81. The summed E-state index contributed by atoms with van der Waals surface area (Å²) in [5.41, 5.74) is 1.30. The summed E-state index contributed by atoms with van der Waals surface area (Å²) in [4.78, 5) is 23.6. The first-order chi connectivity index (χ1) is 11.4. The molecule has 2 rings (SSSR count). The van der Waals surface area contributed by atoms with E-state index in [2.05, 4.69) is 11.9 Å². The fraction of sp³-hybridized carbons (Fsp3) is 0.222. The van der Waals surface area contributed by atoms with Crippen LogP contribution in [-0.4, -0.2) is 28.8 Å². The van der Waals surface area contributed by atoms with Crippen LogP contribution in [0, 0.1) is 0 Å². The Bertz CT molecular complexity index is 724. The Morgan fingerprint density at radius 1 is 1.17 bits per heavy atom. The molecule has 3 N–H and O–H groups in total. The van der Waals surface area contributed by atoms with Gasteiger partial charge in [0.1, 0.15) is 12.4 Å². The van der Waals surface area contributed by atoms with E-state index in [1.807, 2.05) is 0 Å². The van der Waals surface area contributed by atoms with Gasteiger partial charge < -0.3 is 20.3 Å². The lowest BCUT2D eigenvalue weighted by atomic mass is 9.80. The summed E-state index contributed by atoms with van der Waals surface area (Å²) in [7, 11) is 0. The third-order valence-electron chi connectivity index (χ3n) is 3.81. The maximum atomic E-state index is 11.8. The molecule has 0 radical (unpaired) electrons. The fourth-order valence-electron chi connectivity index (χ4n) is 2.87. The molecule has 0 bridgehead atoms. The SMILES string of the molecule is C=CCOc1ccccc1C1C(C(=O)O)=C(C)NC(C)=C1C(=O)O. The monoisotopic (exact) mass is 329 g/mol. The number of rotatable bonds is 6. The van der Waals surface area contributed by atoms with Gasteiger partial charge in [0.05, 0.1) is 17.1 Å². The van der Waals surface area contributed by atoms with Crippen LogP contribution in [0.4, 0.5) is 0 Å². The van der Waals surface area contributed by atoms with Gasteiger partial charge in [0.15, 0.2) is 0 Å². The van der Waals surface area contributed by atoms with E-state index in [-0.39, 0.29) is 17.8 Å². The highest BCUT2D eigenvalue weighted by atomic mass is 16.5. The van der Waals surface area contributed by atoms with Crippen molar-refractivity contribution in [3.05, 3.63) is 65.0 Å². The number of ether oxygens (including phenoxy) is 1. The molecule has 1 aliphatic heterocycles. The minimum absolute atomic E-state index is 0.00680. The lowest BCUT2D eigenvalue weighted by Crippen LogP contribution is -2.31. The van der Waals surface area contributed by atoms with Crippen LogP contribution in [0.2, 0.25) is 0 Å². The minimum atomic E-state index is -1.17. The van der Waals surface area contributed by atoms with Gasteiger partial charge in [-0.2, -0.15) is 0 Å². The van der Waals surface area contributed by atoms with E-state index in [0.717, 1.165) is 0 Å². The summed E-state index contributed by atoms with van der Waals surface area (Å²) in [5.74, 6) is -2.84. The molecule has 6 heteroatoms. The van der Waals surface area contributed by atoms with E-state index >= 15 is 0 Å². The first kappa shape index (κ1) is 17.3. The molecule has 0 saturated heterocycles. The molecular weight excluding hydrogens is 310 g/mol. The average molecular weight is 329 g/mol. The number of benzene rings is 1. The molecule has 0 spiro atoms. The summed E-state index contributed by atoms with van der Waals surface area (Å²) >= 11 is 0. The predicted molar refractivity (Wildman–Crippen MR) is 88.7 cm³/mol. The number of allylic oxidation sites excluding steroid dienone is 2. The van der Waals surface area contributed by atoms with Gasteiger partial charge in [-0.25, -0.2) is 9.59 Å². The van der Waals surface area contributed by atoms with Crippen molar-refractivity contribution in [2.45, 2.75) is 19.8 Å². The smallest absolute Gasteiger partial charge is 0.334 e. The largest absolute Gasteiger partial charge is 0.489 e. The normalized spacial score (nSPS) is 15.1. The van der Waals surface area contributed by atoms with Gasteiger partial charge in [0.2, 0.25) is 0 Å². The Labute approximate surface area is 139 Å². The van der Waals surface area contributed by atoms with Crippen LogP contribution in [0.3, 0.4) is 0 Å². The molecule has 0 amide bonds. The summed E-state index contributed by atoms with van der Waals surface area (Å²) in [6, 6.07) is 6.84. The minimum Gasteiger partial charge on any atom is -0.489 e. The second-order valence-corrected chi connectivity index (χ2v) is 5.38. The van der Waals surface area contributed by atoms with Crippen molar-refractivity contribution in [3.8, 4) is 5.75 Å². The highest BCUT2D eigenvalue weighted by Crippen LogP contribution is 2.41. The Balaban J connectivity index is 2.69. The molecule has 0 saturated carbocycles. The van der Waals surface area contributed by atoms with Crippen molar-refractivity contribution >= 4 is 11.9 Å². The number of carboxylic acid groups (broad SMARTS) is 2. The average Bonchev–Trinajstić information content (AvgIpc) is 2.51. The van der Waals surface area contributed by atoms with E-state index in [0.29, 0.717) is 22.7 Å². The van der Waals surface area contributed by atoms with Gasteiger partial charge in [-0.05, 0) is 19.9 Å². The number of aliphatic carboxylic acids is 2. The van der Waals surface area contributed by atoms with Crippen LogP contribution in [-0.2, 0) is 9.59 Å². The second-order valence-electron chi connectivity index (χ2n) is 5.38. The molecule has 0 fully saturated rings. The molecule has 24 heavy (non-hydrogen) atoms. The van der Waals surface area contributed by atoms with E-state index in [4.69, 9.17) is 4.74 Å². The van der Waals surface area contributed by atoms with Gasteiger partial charge in [-0.1, -0.05) is 30.9 Å². The number of carbonyl (C=O) groups is 2. The Kier molecular flexibility index (Phi) is 5.08. The number of carboxylic acids is 2. The molecule has 126 valence electrons. The summed E-state index contributed by atoms with van der Waals surface area (Å²) in [6.07, 6.45) is 1.57. The molecule has 0 atom stereocenters. The summed E-state index contributed by atoms with van der Waals surface area (Å²) in [5, 5.41) is 22.1. The van der Waals surface area contributed by atoms with Crippen LogP contribution in [0.1, 0.15) is 25.3 Å². The number of hydrogen-bond acceptors (Lipinski definition) is 4. The first-order valence-electron chi connectivity index (χ1n) is 7.36. The Hall–Kier alpha value is -3.02. The molecule has 6 nitrogen and oxygen atoms in total. The van der Waals surface area contributed by atoms with Crippen LogP contribution < -0.4 is 10.1 Å². The first-order valence-corrected chi connectivity index (χ1v) is 7.36. The van der Waals surface area contributed by atoms with E-state index in [9.17, 15) is 19.8 Å². The highest BCUT2D eigenvalue weighted by molar-refractivity contribution is 5.98. The van der Waals surface area contributed by atoms with Crippen LogP contribution in [0.15, 0.2) is 59.5 Å². The van der Waals surface area contributed by atoms with Crippen molar-refractivity contribution in [3.63, 3.8) is 0 Å². The van der Waals surface area contributed by atoms with Crippen LogP contribution in [0.25, 0.3) is 0 Å². The number of dihydropyridines is 1. The van der Waals surface area contributed by atoms with Gasteiger partial charge in [0, 0.05) is 17.0 Å². The molecule has 0 unspecified atom stereocenters. The molecule has 1 aromatic rings. The number of hydrogen-bond donors (Lipinski definition) is 3.